The number of phenols is 1. The van der Waals surface area contributed by atoms with E-state index in [4.69, 9.17) is 5.73 Å². The lowest BCUT2D eigenvalue weighted by Crippen LogP contribution is -2.77. The Labute approximate surface area is 198 Å². The Hall–Kier alpha value is -2.86. The molecule has 1 amide bonds. The molecule has 10 nitrogen and oxygen atoms in total. The van der Waals surface area contributed by atoms with E-state index in [0.717, 1.165) is 0 Å². The van der Waals surface area contributed by atoms with E-state index in [9.17, 15) is 39.3 Å². The lowest BCUT2D eigenvalue weighted by molar-refractivity contribution is -0.192. The Balaban J connectivity index is 1.99. The first-order valence-electron chi connectivity index (χ1n) is 10.4. The molecule has 0 bridgehead atoms. The van der Waals surface area contributed by atoms with Gasteiger partial charge in [0.25, 0.3) is 0 Å². The molecular weight excluding hydrogens is 464 g/mol. The second-order valence-corrected chi connectivity index (χ2v) is 9.94. The van der Waals surface area contributed by atoms with E-state index in [1.54, 1.807) is 12.3 Å². The van der Waals surface area contributed by atoms with E-state index >= 15 is 0 Å². The molecule has 1 aromatic rings. The molecule has 7 atom stereocenters. The van der Waals surface area contributed by atoms with Crippen LogP contribution in [0.25, 0.3) is 5.57 Å². The van der Waals surface area contributed by atoms with Crippen LogP contribution in [0, 0.1) is 23.7 Å². The number of amides is 1. The molecule has 0 heterocycles. The fourth-order valence-corrected chi connectivity index (χ4v) is 6.44. The smallest absolute Gasteiger partial charge is 0.235 e. The van der Waals surface area contributed by atoms with Crippen molar-refractivity contribution >= 4 is 46.4 Å². The van der Waals surface area contributed by atoms with Crippen LogP contribution >= 0.6 is 11.8 Å². The Morgan fingerprint density at radius 2 is 1.76 bits per heavy atom. The van der Waals surface area contributed by atoms with Crippen LogP contribution in [-0.2, 0) is 19.2 Å². The van der Waals surface area contributed by atoms with Crippen LogP contribution in [0.4, 0.5) is 0 Å². The molecule has 0 aliphatic heterocycles. The summed E-state index contributed by atoms with van der Waals surface area (Å²) in [7, 11) is 2.86. The van der Waals surface area contributed by atoms with Gasteiger partial charge >= 0.3 is 0 Å². The van der Waals surface area contributed by atoms with Gasteiger partial charge in [0.15, 0.2) is 34.7 Å². The zero-order valence-electron chi connectivity index (χ0n) is 18.6. The van der Waals surface area contributed by atoms with Crippen molar-refractivity contribution < 1.29 is 39.3 Å². The van der Waals surface area contributed by atoms with Gasteiger partial charge in [0, 0.05) is 16.4 Å². The minimum Gasteiger partial charge on any atom is -0.507 e. The van der Waals surface area contributed by atoms with Gasteiger partial charge in [-0.3, -0.25) is 28.9 Å². The first-order valence-corrected chi connectivity index (χ1v) is 11.7. The molecule has 34 heavy (non-hydrogen) atoms. The number of carbonyl (C=O) groups is 5. The lowest BCUT2D eigenvalue weighted by Gasteiger charge is -2.55. The zero-order valence-corrected chi connectivity index (χ0v) is 19.5. The number of phenolic OH excluding ortho intramolecular Hbond substituents is 1. The number of benzene rings is 1. The molecule has 11 heteroatoms. The molecule has 0 saturated heterocycles. The number of nitrogens with zero attached hydrogens (tertiary/aromatic N) is 1. The van der Waals surface area contributed by atoms with E-state index in [0.29, 0.717) is 4.90 Å². The molecule has 3 aliphatic carbocycles. The largest absolute Gasteiger partial charge is 0.507 e. The number of carbonyl (C=O) groups excluding carboxylic acids is 5. The number of hydrogen-bond donors (Lipinski definition) is 4. The minimum absolute atomic E-state index is 0.164. The summed E-state index contributed by atoms with van der Waals surface area (Å²) in [6.07, 6.45) is 0.00543. The third-order valence-electron chi connectivity index (χ3n) is 7.25. The number of ketones is 4. The van der Waals surface area contributed by atoms with Gasteiger partial charge in [0.1, 0.15) is 5.75 Å². The predicted octanol–water partition coefficient (Wildman–Crippen LogP) is -0.970. The van der Waals surface area contributed by atoms with E-state index < -0.39 is 76.2 Å². The standard InChI is InChI=1S/C23H24N2O8S/c1-7-10-9(34-4)6-5-8(26)12(10)17(27)13-11(7)18(28)15-16(25(2)3)19(29)14(22(24)32)21(31)23(15,33)20(13)30/h5-6,11,13-16,18,26,28,33H,1H2,2-4H3,(H2,24,32)/t11-,13?,14?,15-,16+,18+,23+/m1/s1. The summed E-state index contributed by atoms with van der Waals surface area (Å²) >= 11 is 1.26. The second kappa shape index (κ2) is 7.84. The number of hydrogen-bond acceptors (Lipinski definition) is 10. The number of aliphatic hydroxyl groups excluding tert-OH is 1. The van der Waals surface area contributed by atoms with Gasteiger partial charge in [0.05, 0.1) is 29.5 Å². The average Bonchev–Trinajstić information content (AvgIpc) is 2.75. The molecule has 2 unspecified atom stereocenters. The third-order valence-corrected chi connectivity index (χ3v) is 8.03. The van der Waals surface area contributed by atoms with Crippen LogP contribution in [0.5, 0.6) is 5.75 Å². The molecule has 4 rings (SSSR count). The first-order chi connectivity index (χ1) is 15.8. The second-order valence-electron chi connectivity index (χ2n) is 9.09. The normalized spacial score (nSPS) is 35.2. The summed E-state index contributed by atoms with van der Waals surface area (Å²) in [5.41, 5.74) is 2.47. The third kappa shape index (κ3) is 2.84. The van der Waals surface area contributed by atoms with Crippen molar-refractivity contribution in [3.63, 3.8) is 0 Å². The number of fused-ring (bicyclic) bond motifs is 3. The summed E-state index contributed by atoms with van der Waals surface area (Å²) in [5.74, 6) is -13.1. The van der Waals surface area contributed by atoms with Crippen LogP contribution in [0.15, 0.2) is 23.6 Å². The van der Waals surface area contributed by atoms with Gasteiger partial charge in [-0.05, 0) is 38.1 Å². The Morgan fingerprint density at radius 3 is 2.29 bits per heavy atom. The summed E-state index contributed by atoms with van der Waals surface area (Å²) in [6, 6.07) is 1.43. The highest BCUT2D eigenvalue weighted by molar-refractivity contribution is 7.98. The van der Waals surface area contributed by atoms with Crippen molar-refractivity contribution in [1.29, 1.82) is 0 Å². The number of Topliss-reactive ketones (excluding diaryl/α,β-unsaturated/α-hetero) is 4. The molecule has 0 aromatic heterocycles. The van der Waals surface area contributed by atoms with Gasteiger partial charge in [0.2, 0.25) is 5.91 Å². The fraction of sp³-hybridized carbons (Fsp3) is 0.435. The lowest BCUT2D eigenvalue weighted by atomic mass is 9.50. The van der Waals surface area contributed by atoms with Crippen LogP contribution in [-0.4, -0.2) is 87.4 Å². The Morgan fingerprint density at radius 1 is 1.15 bits per heavy atom. The monoisotopic (exact) mass is 488 g/mol. The van der Waals surface area contributed by atoms with Gasteiger partial charge in [-0.15, -0.1) is 11.8 Å². The quantitative estimate of drug-likeness (QED) is 0.306. The number of primary amides is 1. The first kappa shape index (κ1) is 24.3. The highest BCUT2D eigenvalue weighted by atomic mass is 32.2. The highest BCUT2D eigenvalue weighted by Crippen LogP contribution is 2.55. The number of nitrogens with two attached hydrogens (primary N) is 1. The van der Waals surface area contributed by atoms with Crippen LogP contribution in [0.1, 0.15) is 15.9 Å². The summed E-state index contributed by atoms with van der Waals surface area (Å²) in [5, 5.41) is 33.4. The minimum atomic E-state index is -3.02. The maximum atomic E-state index is 13.7. The predicted molar refractivity (Wildman–Crippen MR) is 120 cm³/mol. The van der Waals surface area contributed by atoms with Crippen molar-refractivity contribution in [2.45, 2.75) is 22.6 Å². The molecule has 5 N–H and O–H groups in total. The molecule has 2 saturated carbocycles. The maximum absolute atomic E-state index is 13.7. The van der Waals surface area contributed by atoms with Gasteiger partial charge in [-0.25, -0.2) is 0 Å². The highest BCUT2D eigenvalue weighted by Gasteiger charge is 2.72. The van der Waals surface area contributed by atoms with Crippen molar-refractivity contribution in [3.8, 4) is 5.75 Å². The summed E-state index contributed by atoms with van der Waals surface area (Å²) in [4.78, 5) is 67.4. The average molecular weight is 489 g/mol. The van der Waals surface area contributed by atoms with Crippen LogP contribution < -0.4 is 5.73 Å². The zero-order chi connectivity index (χ0) is 25.4. The van der Waals surface area contributed by atoms with Gasteiger partial charge in [-0.1, -0.05) is 6.58 Å². The maximum Gasteiger partial charge on any atom is 0.235 e. The molecular formula is C23H24N2O8S. The van der Waals surface area contributed by atoms with Crippen LogP contribution in [0.3, 0.4) is 0 Å². The Bertz CT molecular complexity index is 1190. The Kier molecular flexibility index (Phi) is 5.60. The molecule has 1 aromatic carbocycles. The molecule has 0 spiro atoms. The van der Waals surface area contributed by atoms with E-state index in [-0.39, 0.29) is 16.7 Å². The van der Waals surface area contributed by atoms with E-state index in [2.05, 4.69) is 6.58 Å². The van der Waals surface area contributed by atoms with Crippen LogP contribution in [0.2, 0.25) is 0 Å². The van der Waals surface area contributed by atoms with Crippen molar-refractivity contribution in [2.75, 3.05) is 20.4 Å². The van der Waals surface area contributed by atoms with Crippen molar-refractivity contribution in [2.24, 2.45) is 29.4 Å². The summed E-state index contributed by atoms with van der Waals surface area (Å²) in [6.45, 7) is 3.99. The SMILES string of the molecule is C=C1c2c(SC)ccc(O)c2C(=O)C2C(=O)[C@]3(O)C(=O)C(C(N)=O)C(=O)[C@@H](N(C)C)[C@@H]3[C@@H](O)[C@H]12. The van der Waals surface area contributed by atoms with E-state index in [1.165, 1.54) is 36.8 Å². The summed E-state index contributed by atoms with van der Waals surface area (Å²) < 4.78 is 0. The van der Waals surface area contributed by atoms with Gasteiger partial charge < -0.3 is 21.1 Å². The number of aromatic hydroxyl groups is 1. The van der Waals surface area contributed by atoms with Crippen molar-refractivity contribution in [3.05, 3.63) is 29.8 Å². The molecule has 2 fully saturated rings. The number of likely N-dealkylation sites (N-methyl/N-ethyl adjacent to an activating group) is 1. The molecule has 180 valence electrons. The number of aliphatic hydroxyl groups is 2. The molecule has 3 aliphatic rings. The number of thioether (sulfide) groups is 1. The molecule has 0 radical (unpaired) electrons. The fourth-order valence-electron chi connectivity index (χ4n) is 5.80. The van der Waals surface area contributed by atoms with Crippen molar-refractivity contribution in [1.82, 2.24) is 4.90 Å². The van der Waals surface area contributed by atoms with E-state index in [1.807, 2.05) is 0 Å². The topological polar surface area (TPSA) is 175 Å². The van der Waals surface area contributed by atoms with Gasteiger partial charge in [-0.2, -0.15) is 0 Å². The number of rotatable bonds is 3.